The molecule has 136 valence electrons. The molecular weight excluding hydrogens is 340 g/mol. The molecule has 1 amide bonds. The molecule has 0 spiro atoms. The first kappa shape index (κ1) is 17.0. The van der Waals surface area contributed by atoms with Crippen molar-refractivity contribution in [2.45, 2.75) is 12.8 Å². The van der Waals surface area contributed by atoms with Crippen molar-refractivity contribution in [3.63, 3.8) is 0 Å². The van der Waals surface area contributed by atoms with Gasteiger partial charge in [0.15, 0.2) is 5.75 Å². The van der Waals surface area contributed by atoms with Crippen LogP contribution < -0.4 is 10.1 Å². The van der Waals surface area contributed by atoms with Gasteiger partial charge in [0.05, 0.1) is 11.3 Å². The fourth-order valence-corrected chi connectivity index (χ4v) is 3.00. The zero-order valence-electron chi connectivity index (χ0n) is 14.8. The van der Waals surface area contributed by atoms with Gasteiger partial charge in [-0.05, 0) is 37.1 Å². The molecule has 1 aliphatic rings. The summed E-state index contributed by atoms with van der Waals surface area (Å²) in [6, 6.07) is 17.2. The number of hydrogen-bond acceptors (Lipinski definition) is 5. The summed E-state index contributed by atoms with van der Waals surface area (Å²) in [5.74, 6) is 1.83. The Balaban J connectivity index is 1.48. The Hall–Kier alpha value is -3.41. The highest BCUT2D eigenvalue weighted by molar-refractivity contribution is 5.93. The molecule has 1 N–H and O–H groups in total. The van der Waals surface area contributed by atoms with Gasteiger partial charge in [0, 0.05) is 25.5 Å². The van der Waals surface area contributed by atoms with Gasteiger partial charge in [-0.15, -0.1) is 0 Å². The molecule has 6 heteroatoms. The summed E-state index contributed by atoms with van der Waals surface area (Å²) < 4.78 is 5.93. The maximum Gasteiger partial charge on any atom is 0.256 e. The Bertz CT molecular complexity index is 907. The molecule has 1 fully saturated rings. The van der Waals surface area contributed by atoms with Crippen molar-refractivity contribution < 1.29 is 9.53 Å². The third-order valence-electron chi connectivity index (χ3n) is 4.40. The molecule has 1 saturated heterocycles. The van der Waals surface area contributed by atoms with Gasteiger partial charge in [0.2, 0.25) is 5.95 Å². The van der Waals surface area contributed by atoms with E-state index < -0.39 is 0 Å². The molecule has 6 nitrogen and oxygen atoms in total. The number of rotatable bonds is 5. The van der Waals surface area contributed by atoms with Gasteiger partial charge >= 0.3 is 0 Å². The minimum atomic E-state index is -0.00754. The first-order valence-corrected chi connectivity index (χ1v) is 9.00. The van der Waals surface area contributed by atoms with E-state index >= 15 is 0 Å². The minimum Gasteiger partial charge on any atom is -0.455 e. The summed E-state index contributed by atoms with van der Waals surface area (Å²) in [7, 11) is 0. The Labute approximate surface area is 157 Å². The lowest BCUT2D eigenvalue weighted by Crippen LogP contribution is -2.27. The predicted octanol–water partition coefficient (Wildman–Crippen LogP) is 4.25. The van der Waals surface area contributed by atoms with Gasteiger partial charge in [-0.25, -0.2) is 9.97 Å². The van der Waals surface area contributed by atoms with Crippen molar-refractivity contribution in [2.75, 3.05) is 18.4 Å². The van der Waals surface area contributed by atoms with E-state index in [4.69, 9.17) is 4.74 Å². The van der Waals surface area contributed by atoms with Crippen LogP contribution in [0.1, 0.15) is 23.2 Å². The molecule has 0 bridgehead atoms. The number of anilines is 2. The van der Waals surface area contributed by atoms with E-state index in [1.807, 2.05) is 59.5 Å². The molecule has 0 aliphatic carbocycles. The van der Waals surface area contributed by atoms with E-state index in [0.717, 1.165) is 37.4 Å². The SMILES string of the molecule is O=C(c1cnc(Nc2ccccc2Oc2ccccc2)nc1)N1CCCC1. The standard InChI is InChI=1S/C21H20N4O2/c26-20(25-12-6-7-13-25)16-14-22-21(23-15-16)24-18-10-4-5-11-19(18)27-17-8-2-1-3-9-17/h1-5,8-11,14-15H,6-7,12-13H2,(H,22,23,24). The van der Waals surface area contributed by atoms with Crippen LogP contribution in [-0.4, -0.2) is 33.9 Å². The molecular formula is C21H20N4O2. The van der Waals surface area contributed by atoms with E-state index in [1.54, 1.807) is 12.4 Å². The number of benzene rings is 2. The average Bonchev–Trinajstić information content (AvgIpc) is 3.25. The number of carbonyl (C=O) groups excluding carboxylic acids is 1. The molecule has 0 saturated carbocycles. The molecule has 2 heterocycles. The lowest BCUT2D eigenvalue weighted by Gasteiger charge is -2.15. The summed E-state index contributed by atoms with van der Waals surface area (Å²) >= 11 is 0. The predicted molar refractivity (Wildman–Crippen MR) is 103 cm³/mol. The average molecular weight is 360 g/mol. The van der Waals surface area contributed by atoms with Crippen molar-refractivity contribution >= 4 is 17.5 Å². The molecule has 27 heavy (non-hydrogen) atoms. The summed E-state index contributed by atoms with van der Waals surface area (Å²) in [5, 5.41) is 3.16. The van der Waals surface area contributed by atoms with Crippen LogP contribution in [0.25, 0.3) is 0 Å². The fourth-order valence-electron chi connectivity index (χ4n) is 3.00. The summed E-state index contributed by atoms with van der Waals surface area (Å²) in [5.41, 5.74) is 1.26. The maximum atomic E-state index is 12.4. The van der Waals surface area contributed by atoms with E-state index in [0.29, 0.717) is 17.3 Å². The van der Waals surface area contributed by atoms with E-state index in [9.17, 15) is 4.79 Å². The lowest BCUT2D eigenvalue weighted by molar-refractivity contribution is 0.0792. The zero-order valence-corrected chi connectivity index (χ0v) is 14.8. The van der Waals surface area contributed by atoms with Gasteiger partial charge in [0.25, 0.3) is 5.91 Å². The largest absolute Gasteiger partial charge is 0.455 e. The summed E-state index contributed by atoms with van der Waals surface area (Å²) in [6.07, 6.45) is 5.25. The number of carbonyl (C=O) groups is 1. The number of hydrogen-bond donors (Lipinski definition) is 1. The normalized spacial score (nSPS) is 13.4. The van der Waals surface area contributed by atoms with E-state index in [1.165, 1.54) is 0 Å². The first-order chi connectivity index (χ1) is 13.3. The Kier molecular flexibility index (Phi) is 4.96. The monoisotopic (exact) mass is 360 g/mol. The van der Waals surface area contributed by atoms with Crippen LogP contribution in [0.2, 0.25) is 0 Å². The molecule has 4 rings (SSSR count). The minimum absolute atomic E-state index is 0.00754. The Morgan fingerprint density at radius 3 is 2.33 bits per heavy atom. The Morgan fingerprint density at radius 2 is 1.59 bits per heavy atom. The number of amides is 1. The molecule has 0 atom stereocenters. The number of aromatic nitrogens is 2. The molecule has 0 radical (unpaired) electrons. The van der Waals surface area contributed by atoms with Crippen LogP contribution in [0.5, 0.6) is 11.5 Å². The highest BCUT2D eigenvalue weighted by Gasteiger charge is 2.20. The number of para-hydroxylation sites is 3. The fraction of sp³-hybridized carbons (Fsp3) is 0.190. The molecule has 0 unspecified atom stereocenters. The Morgan fingerprint density at radius 1 is 0.926 bits per heavy atom. The van der Waals surface area contributed by atoms with Gasteiger partial charge in [0.1, 0.15) is 5.75 Å². The second kappa shape index (κ2) is 7.86. The van der Waals surface area contributed by atoms with Crippen molar-refractivity contribution in [3.05, 3.63) is 72.6 Å². The number of likely N-dealkylation sites (tertiary alicyclic amines) is 1. The number of nitrogens with one attached hydrogen (secondary N) is 1. The summed E-state index contributed by atoms with van der Waals surface area (Å²) in [6.45, 7) is 1.62. The van der Waals surface area contributed by atoms with Crippen LogP contribution in [0.3, 0.4) is 0 Å². The molecule has 1 aliphatic heterocycles. The zero-order chi connectivity index (χ0) is 18.5. The van der Waals surface area contributed by atoms with Crippen LogP contribution in [0.4, 0.5) is 11.6 Å². The smallest absolute Gasteiger partial charge is 0.256 e. The second-order valence-electron chi connectivity index (χ2n) is 6.33. The van der Waals surface area contributed by atoms with Crippen LogP contribution in [0, 0.1) is 0 Å². The quantitative estimate of drug-likeness (QED) is 0.737. The van der Waals surface area contributed by atoms with E-state index in [2.05, 4.69) is 15.3 Å². The first-order valence-electron chi connectivity index (χ1n) is 9.00. The van der Waals surface area contributed by atoms with Crippen LogP contribution in [-0.2, 0) is 0 Å². The highest BCUT2D eigenvalue weighted by atomic mass is 16.5. The van der Waals surface area contributed by atoms with Crippen molar-refractivity contribution in [1.82, 2.24) is 14.9 Å². The van der Waals surface area contributed by atoms with Crippen molar-refractivity contribution in [3.8, 4) is 11.5 Å². The van der Waals surface area contributed by atoms with Gasteiger partial charge in [-0.1, -0.05) is 30.3 Å². The summed E-state index contributed by atoms with van der Waals surface area (Å²) in [4.78, 5) is 22.8. The maximum absolute atomic E-state index is 12.4. The lowest BCUT2D eigenvalue weighted by atomic mass is 10.3. The second-order valence-corrected chi connectivity index (χ2v) is 6.33. The molecule has 3 aromatic rings. The third kappa shape index (κ3) is 4.06. The van der Waals surface area contributed by atoms with E-state index in [-0.39, 0.29) is 5.91 Å². The number of nitrogens with zero attached hydrogens (tertiary/aromatic N) is 3. The van der Waals surface area contributed by atoms with Crippen molar-refractivity contribution in [2.24, 2.45) is 0 Å². The third-order valence-corrected chi connectivity index (χ3v) is 4.40. The number of ether oxygens (including phenoxy) is 1. The van der Waals surface area contributed by atoms with Gasteiger partial charge in [-0.2, -0.15) is 0 Å². The molecule has 1 aromatic heterocycles. The van der Waals surface area contributed by atoms with Crippen molar-refractivity contribution in [1.29, 1.82) is 0 Å². The molecule has 2 aromatic carbocycles. The van der Waals surface area contributed by atoms with Crippen LogP contribution in [0.15, 0.2) is 67.0 Å². The highest BCUT2D eigenvalue weighted by Crippen LogP contribution is 2.30. The van der Waals surface area contributed by atoms with Gasteiger partial charge in [-0.3, -0.25) is 4.79 Å². The topological polar surface area (TPSA) is 67.3 Å². The van der Waals surface area contributed by atoms with Gasteiger partial charge < -0.3 is 15.0 Å². The van der Waals surface area contributed by atoms with Crippen LogP contribution >= 0.6 is 0 Å².